The Kier molecular flexibility index (Phi) is 6.98. The van der Waals surface area contributed by atoms with Crippen molar-refractivity contribution in [3.05, 3.63) is 117 Å². The molecule has 192 valence electrons. The summed E-state index contributed by atoms with van der Waals surface area (Å²) in [5, 5.41) is 1.65. The maximum atomic E-state index is 6.44. The number of hydrogen-bond acceptors (Lipinski definition) is 4. The van der Waals surface area contributed by atoms with Gasteiger partial charge >= 0.3 is 0 Å². The molecule has 6 heteroatoms. The van der Waals surface area contributed by atoms with Crippen LogP contribution < -0.4 is 0 Å². The Bertz CT molecular complexity index is 1390. The zero-order chi connectivity index (χ0) is 25.6. The van der Waals surface area contributed by atoms with Crippen molar-refractivity contribution in [3.8, 4) is 0 Å². The van der Waals surface area contributed by atoms with Crippen molar-refractivity contribution in [2.45, 2.75) is 44.5 Å². The SMILES string of the molecule is Clc1ccc2c(c1)CC(N1CCN(C3Cc4cc(Cl)ccc4Sc4ccccc43)CC1)c1ccccc1S2. The molecule has 0 spiro atoms. The van der Waals surface area contributed by atoms with Gasteiger partial charge < -0.3 is 0 Å². The van der Waals surface area contributed by atoms with Crippen LogP contribution in [0.2, 0.25) is 10.0 Å². The summed E-state index contributed by atoms with van der Waals surface area (Å²) in [6.07, 6.45) is 1.99. The van der Waals surface area contributed by atoms with Crippen molar-refractivity contribution in [2.24, 2.45) is 0 Å². The van der Waals surface area contributed by atoms with E-state index >= 15 is 0 Å². The van der Waals surface area contributed by atoms with Gasteiger partial charge in [-0.2, -0.15) is 0 Å². The molecule has 0 amide bonds. The first kappa shape index (κ1) is 25.1. The molecule has 2 nitrogen and oxygen atoms in total. The second-order valence-electron chi connectivity index (χ2n) is 10.3. The second-order valence-corrected chi connectivity index (χ2v) is 13.3. The minimum Gasteiger partial charge on any atom is -0.293 e. The van der Waals surface area contributed by atoms with Crippen molar-refractivity contribution in [1.29, 1.82) is 0 Å². The van der Waals surface area contributed by atoms with Gasteiger partial charge in [0.15, 0.2) is 0 Å². The van der Waals surface area contributed by atoms with E-state index in [1.54, 1.807) is 0 Å². The van der Waals surface area contributed by atoms with Crippen molar-refractivity contribution >= 4 is 46.7 Å². The number of hydrogen-bond donors (Lipinski definition) is 0. The fourth-order valence-electron chi connectivity index (χ4n) is 6.20. The maximum absolute atomic E-state index is 6.44. The smallest absolute Gasteiger partial charge is 0.0409 e. The molecular formula is C32H28Cl2N2S2. The summed E-state index contributed by atoms with van der Waals surface area (Å²) in [6.45, 7) is 4.20. The number of rotatable bonds is 2. The molecule has 3 aliphatic rings. The number of piperazine rings is 1. The van der Waals surface area contributed by atoms with Crippen LogP contribution in [0.4, 0.5) is 0 Å². The van der Waals surface area contributed by atoms with Crippen LogP contribution in [0.5, 0.6) is 0 Å². The Labute approximate surface area is 243 Å². The molecule has 0 saturated carbocycles. The monoisotopic (exact) mass is 574 g/mol. The van der Waals surface area contributed by atoms with E-state index in [4.69, 9.17) is 23.2 Å². The molecule has 2 atom stereocenters. The number of benzene rings is 4. The van der Waals surface area contributed by atoms with Gasteiger partial charge in [-0.05, 0) is 83.6 Å². The lowest BCUT2D eigenvalue weighted by Gasteiger charge is -2.43. The minimum atomic E-state index is 0.358. The average molecular weight is 576 g/mol. The third-order valence-corrected chi connectivity index (χ3v) is 11.0. The third kappa shape index (κ3) is 4.81. The Morgan fingerprint density at radius 2 is 0.947 bits per heavy atom. The van der Waals surface area contributed by atoms with Gasteiger partial charge in [0.25, 0.3) is 0 Å². The second kappa shape index (κ2) is 10.6. The summed E-state index contributed by atoms with van der Waals surface area (Å²) in [5.41, 5.74) is 5.60. The van der Waals surface area contributed by atoms with Gasteiger partial charge in [-0.1, -0.05) is 83.1 Å². The molecule has 7 rings (SSSR count). The van der Waals surface area contributed by atoms with E-state index in [1.165, 1.54) is 41.8 Å². The van der Waals surface area contributed by atoms with E-state index in [0.29, 0.717) is 12.1 Å². The largest absolute Gasteiger partial charge is 0.293 e. The fourth-order valence-corrected chi connectivity index (χ4v) is 8.82. The number of fused-ring (bicyclic) bond motifs is 4. The minimum absolute atomic E-state index is 0.358. The van der Waals surface area contributed by atoms with Crippen LogP contribution >= 0.6 is 46.7 Å². The van der Waals surface area contributed by atoms with Crippen LogP contribution in [0.3, 0.4) is 0 Å². The highest BCUT2D eigenvalue weighted by molar-refractivity contribution is 7.99. The molecule has 1 fully saturated rings. The summed E-state index contributed by atoms with van der Waals surface area (Å²) in [7, 11) is 0. The van der Waals surface area contributed by atoms with Gasteiger partial charge in [0.05, 0.1) is 0 Å². The van der Waals surface area contributed by atoms with Crippen LogP contribution in [0.15, 0.2) is 105 Å². The topological polar surface area (TPSA) is 6.48 Å². The first-order valence-electron chi connectivity index (χ1n) is 13.2. The van der Waals surface area contributed by atoms with Crippen LogP contribution in [0.25, 0.3) is 0 Å². The molecule has 2 unspecified atom stereocenters. The Morgan fingerprint density at radius 1 is 0.526 bits per heavy atom. The van der Waals surface area contributed by atoms with Gasteiger partial charge in [-0.25, -0.2) is 0 Å². The van der Waals surface area contributed by atoms with Gasteiger partial charge in [0.2, 0.25) is 0 Å². The molecule has 0 N–H and O–H groups in total. The van der Waals surface area contributed by atoms with Crippen molar-refractivity contribution in [2.75, 3.05) is 26.2 Å². The summed E-state index contributed by atoms with van der Waals surface area (Å²) >= 11 is 16.6. The van der Waals surface area contributed by atoms with Crippen molar-refractivity contribution in [3.63, 3.8) is 0 Å². The van der Waals surface area contributed by atoms with E-state index in [-0.39, 0.29) is 0 Å². The molecule has 3 aliphatic heterocycles. The lowest BCUT2D eigenvalue weighted by molar-refractivity contribution is 0.0662. The van der Waals surface area contributed by atoms with Crippen molar-refractivity contribution in [1.82, 2.24) is 9.80 Å². The first-order valence-corrected chi connectivity index (χ1v) is 15.6. The fraction of sp³-hybridized carbons (Fsp3) is 0.250. The van der Waals surface area contributed by atoms with E-state index in [0.717, 1.165) is 49.1 Å². The molecular weight excluding hydrogens is 547 g/mol. The number of halogens is 2. The predicted octanol–water partition coefficient (Wildman–Crippen LogP) is 8.81. The van der Waals surface area contributed by atoms with Gasteiger partial charge in [0, 0.05) is 67.9 Å². The van der Waals surface area contributed by atoms with Crippen LogP contribution in [-0.4, -0.2) is 36.0 Å². The molecule has 38 heavy (non-hydrogen) atoms. The molecule has 4 aromatic carbocycles. The molecule has 4 aromatic rings. The van der Waals surface area contributed by atoms with Crippen LogP contribution in [-0.2, 0) is 12.8 Å². The quantitative estimate of drug-likeness (QED) is 0.236. The highest BCUT2D eigenvalue weighted by atomic mass is 35.5. The molecule has 0 radical (unpaired) electrons. The molecule has 0 bridgehead atoms. The third-order valence-electron chi connectivity index (χ3n) is 8.10. The van der Waals surface area contributed by atoms with Gasteiger partial charge in [-0.15, -0.1) is 0 Å². The van der Waals surface area contributed by atoms with E-state index in [2.05, 4.69) is 82.6 Å². The number of nitrogens with zero attached hydrogens (tertiary/aromatic N) is 2. The summed E-state index contributed by atoms with van der Waals surface area (Å²) in [6, 6.07) is 31.4. The Morgan fingerprint density at radius 3 is 1.39 bits per heavy atom. The summed E-state index contributed by atoms with van der Waals surface area (Å²) < 4.78 is 0. The van der Waals surface area contributed by atoms with Crippen LogP contribution in [0, 0.1) is 0 Å². The molecule has 0 aliphatic carbocycles. The average Bonchev–Trinajstić information content (AvgIpc) is 3.21. The van der Waals surface area contributed by atoms with Crippen LogP contribution in [0.1, 0.15) is 34.3 Å². The molecule has 0 aromatic heterocycles. The highest BCUT2D eigenvalue weighted by Crippen LogP contribution is 2.46. The Hall–Kier alpha value is -1.92. The molecule has 1 saturated heterocycles. The van der Waals surface area contributed by atoms with E-state index in [1.807, 2.05) is 35.7 Å². The lowest BCUT2D eigenvalue weighted by Crippen LogP contribution is -2.49. The molecule has 3 heterocycles. The zero-order valence-corrected chi connectivity index (χ0v) is 24.1. The Balaban J connectivity index is 1.16. The van der Waals surface area contributed by atoms with E-state index < -0.39 is 0 Å². The van der Waals surface area contributed by atoms with Gasteiger partial charge in [0.1, 0.15) is 0 Å². The predicted molar refractivity (Wildman–Crippen MR) is 160 cm³/mol. The normalized spacial score (nSPS) is 21.4. The first-order chi connectivity index (χ1) is 18.6. The van der Waals surface area contributed by atoms with E-state index in [9.17, 15) is 0 Å². The standard InChI is InChI=1S/C32H28Cl2N2S2/c33-23-9-11-29-21(17-23)19-27(25-5-1-3-7-31(25)37-29)35-13-15-36(16-14-35)28-20-22-18-24(34)10-12-30(22)38-32-8-4-2-6-26(28)32/h1-12,17-18,27-28H,13-16,19-20H2. The highest BCUT2D eigenvalue weighted by Gasteiger charge is 2.34. The van der Waals surface area contributed by atoms with Gasteiger partial charge in [-0.3, -0.25) is 9.80 Å². The van der Waals surface area contributed by atoms with Crippen molar-refractivity contribution < 1.29 is 0 Å². The summed E-state index contributed by atoms with van der Waals surface area (Å²) in [5.74, 6) is 0. The maximum Gasteiger partial charge on any atom is 0.0409 e. The summed E-state index contributed by atoms with van der Waals surface area (Å²) in [4.78, 5) is 10.8. The zero-order valence-electron chi connectivity index (χ0n) is 20.9. The lowest BCUT2D eigenvalue weighted by atomic mass is 9.95.